The van der Waals surface area contributed by atoms with E-state index in [-0.39, 0.29) is 0 Å². The third-order valence-electron chi connectivity index (χ3n) is 1.06. The fraction of sp³-hybridized carbons (Fsp3) is 1.00. The molecule has 0 atom stereocenters. The monoisotopic (exact) mass is 211 g/mol. The van der Waals surface area contributed by atoms with Crippen LogP contribution in [0.1, 0.15) is 27.7 Å². The number of hydrogen-bond acceptors (Lipinski definition) is 3. The topological polar surface area (TPSA) is 27.7 Å². The Kier molecular flexibility index (Phi) is 8.61. The predicted molar refractivity (Wildman–Crippen MR) is 44.0 cm³/mol. The van der Waals surface area contributed by atoms with Crippen LogP contribution in [0, 0.1) is 5.92 Å². The van der Waals surface area contributed by atoms with Crippen molar-refractivity contribution in [2.24, 2.45) is 5.92 Å². The summed E-state index contributed by atoms with van der Waals surface area (Å²) in [5, 5.41) is 0. The van der Waals surface area contributed by atoms with Crippen LogP contribution < -0.4 is 0 Å². The van der Waals surface area contributed by atoms with Gasteiger partial charge in [-0.25, -0.2) is 0 Å². The van der Waals surface area contributed by atoms with Gasteiger partial charge < -0.3 is 0 Å². The molecule has 0 amide bonds. The van der Waals surface area contributed by atoms with Crippen LogP contribution in [0.25, 0.3) is 0 Å². The molecule has 0 aliphatic heterocycles. The first-order valence-electron chi connectivity index (χ1n) is 4.46. The zero-order valence-electron chi connectivity index (χ0n) is 8.42. The third kappa shape index (κ3) is 7.25. The summed E-state index contributed by atoms with van der Waals surface area (Å²) in [5.41, 5.74) is 0. The van der Waals surface area contributed by atoms with E-state index in [4.69, 9.17) is 9.96 Å². The van der Waals surface area contributed by atoms with Gasteiger partial charge in [-0.15, -0.1) is 0 Å². The number of rotatable bonds is 7. The van der Waals surface area contributed by atoms with Crippen LogP contribution in [0.5, 0.6) is 0 Å². The van der Waals surface area contributed by atoms with Crippen molar-refractivity contribution in [1.82, 2.24) is 0 Å². The maximum absolute atomic E-state index is 5.51. The molecule has 0 aromatic carbocycles. The normalized spacial score (nSPS) is 10.8. The SMILES string of the molecule is CC[O][Ti]([O]CC)[O]CC(C)C. The second kappa shape index (κ2) is 8.20. The average molecular weight is 211 g/mol. The zero-order chi connectivity index (χ0) is 9.40. The Bertz CT molecular complexity index is 92.3. The van der Waals surface area contributed by atoms with Gasteiger partial charge in [-0.1, -0.05) is 0 Å². The summed E-state index contributed by atoms with van der Waals surface area (Å²) in [6, 6.07) is 0. The van der Waals surface area contributed by atoms with Gasteiger partial charge in [0.2, 0.25) is 0 Å². The van der Waals surface area contributed by atoms with E-state index in [0.717, 1.165) is 6.61 Å². The van der Waals surface area contributed by atoms with Gasteiger partial charge >= 0.3 is 82.4 Å². The molecule has 0 rings (SSSR count). The second-order valence-corrected chi connectivity index (χ2v) is 4.95. The van der Waals surface area contributed by atoms with Crippen LogP contribution in [-0.4, -0.2) is 19.8 Å². The molecule has 0 saturated carbocycles. The van der Waals surface area contributed by atoms with Gasteiger partial charge in [0.25, 0.3) is 0 Å². The first kappa shape index (κ1) is 12.6. The molecule has 0 unspecified atom stereocenters. The molecular formula is C8H19O3Ti. The Balaban J connectivity index is 3.48. The van der Waals surface area contributed by atoms with Gasteiger partial charge in [0.15, 0.2) is 0 Å². The maximum atomic E-state index is 5.51. The van der Waals surface area contributed by atoms with Gasteiger partial charge in [0.05, 0.1) is 0 Å². The second-order valence-electron chi connectivity index (χ2n) is 2.82. The van der Waals surface area contributed by atoms with Crippen molar-refractivity contribution in [3.8, 4) is 0 Å². The van der Waals surface area contributed by atoms with Crippen LogP contribution in [0.15, 0.2) is 0 Å². The predicted octanol–water partition coefficient (Wildman–Crippen LogP) is 2.10. The van der Waals surface area contributed by atoms with Gasteiger partial charge in [0.1, 0.15) is 0 Å². The van der Waals surface area contributed by atoms with Crippen LogP contribution in [0.2, 0.25) is 0 Å². The summed E-state index contributed by atoms with van der Waals surface area (Å²) in [7, 11) is 0. The summed E-state index contributed by atoms with van der Waals surface area (Å²) >= 11 is -2.05. The Labute approximate surface area is 82.6 Å². The quantitative estimate of drug-likeness (QED) is 0.603. The van der Waals surface area contributed by atoms with Crippen LogP contribution in [0.3, 0.4) is 0 Å². The van der Waals surface area contributed by atoms with Crippen molar-refractivity contribution in [2.45, 2.75) is 27.7 Å². The first-order valence-corrected chi connectivity index (χ1v) is 6.37. The summed E-state index contributed by atoms with van der Waals surface area (Å²) in [6.07, 6.45) is 0. The minimum absolute atomic E-state index is 0.549. The molecule has 0 fully saturated rings. The van der Waals surface area contributed by atoms with E-state index in [9.17, 15) is 0 Å². The molecule has 0 heterocycles. The van der Waals surface area contributed by atoms with E-state index < -0.39 is 19.0 Å². The third-order valence-corrected chi connectivity index (χ3v) is 3.32. The fourth-order valence-corrected chi connectivity index (χ4v) is 2.45. The molecule has 0 saturated heterocycles. The summed E-state index contributed by atoms with van der Waals surface area (Å²) in [5.74, 6) is 0.549. The molecule has 0 aliphatic rings. The molecule has 0 aromatic rings. The van der Waals surface area contributed by atoms with Gasteiger partial charge in [-0.05, 0) is 0 Å². The van der Waals surface area contributed by atoms with E-state index in [0.29, 0.717) is 19.1 Å². The Morgan fingerprint density at radius 3 is 1.83 bits per heavy atom. The average Bonchev–Trinajstić information content (AvgIpc) is 2.01. The first-order chi connectivity index (χ1) is 5.70. The molecule has 0 spiro atoms. The molecule has 0 bridgehead atoms. The van der Waals surface area contributed by atoms with Crippen molar-refractivity contribution in [3.63, 3.8) is 0 Å². The molecule has 0 N–H and O–H groups in total. The van der Waals surface area contributed by atoms with Crippen LogP contribution in [-0.2, 0) is 29.0 Å². The molecule has 0 aliphatic carbocycles. The summed E-state index contributed by atoms with van der Waals surface area (Å²) in [6.45, 7) is 10.3. The van der Waals surface area contributed by atoms with Crippen molar-refractivity contribution < 1.29 is 29.0 Å². The fourth-order valence-electron chi connectivity index (χ4n) is 0.595. The minimum atomic E-state index is -2.05. The van der Waals surface area contributed by atoms with Crippen molar-refractivity contribution in [2.75, 3.05) is 19.8 Å². The molecule has 4 heteroatoms. The zero-order valence-corrected chi connectivity index (χ0v) is 9.98. The van der Waals surface area contributed by atoms with Crippen molar-refractivity contribution in [1.29, 1.82) is 0 Å². The molecule has 0 radical (unpaired) electrons. The van der Waals surface area contributed by atoms with Crippen LogP contribution >= 0.6 is 0 Å². The standard InChI is InChI=1S/C4H9O.2C2H5O.Ti/c1-4(2)3-5;2*1-2-3;/h4H,3H2,1-2H3;2*2H2,1H3;/q3*-1;+3. The van der Waals surface area contributed by atoms with Gasteiger partial charge in [-0.3, -0.25) is 0 Å². The summed E-state index contributed by atoms with van der Waals surface area (Å²) < 4.78 is 16.2. The van der Waals surface area contributed by atoms with Crippen molar-refractivity contribution in [3.05, 3.63) is 0 Å². The van der Waals surface area contributed by atoms with E-state index in [1.165, 1.54) is 0 Å². The summed E-state index contributed by atoms with van der Waals surface area (Å²) in [4.78, 5) is 0. The molecule has 3 nitrogen and oxygen atoms in total. The van der Waals surface area contributed by atoms with Crippen molar-refractivity contribution >= 4 is 0 Å². The van der Waals surface area contributed by atoms with E-state index in [2.05, 4.69) is 13.8 Å². The Hall–Kier alpha value is 0.594. The van der Waals surface area contributed by atoms with Gasteiger partial charge in [-0.2, -0.15) is 0 Å². The van der Waals surface area contributed by atoms with Crippen LogP contribution in [0.4, 0.5) is 0 Å². The number of hydrogen-bond donors (Lipinski definition) is 0. The molecular weight excluding hydrogens is 192 g/mol. The Morgan fingerprint density at radius 1 is 1.00 bits per heavy atom. The van der Waals surface area contributed by atoms with E-state index in [1.54, 1.807) is 0 Å². The Morgan fingerprint density at radius 2 is 1.50 bits per heavy atom. The van der Waals surface area contributed by atoms with E-state index >= 15 is 0 Å². The molecule has 12 heavy (non-hydrogen) atoms. The van der Waals surface area contributed by atoms with E-state index in [1.807, 2.05) is 13.8 Å². The molecule has 0 aromatic heterocycles. The van der Waals surface area contributed by atoms with Gasteiger partial charge in [0, 0.05) is 0 Å². The molecule has 73 valence electrons.